The van der Waals surface area contributed by atoms with Gasteiger partial charge in [0.15, 0.2) is 5.82 Å². The average Bonchev–Trinajstić information content (AvgIpc) is 2.70. The second kappa shape index (κ2) is 7.42. The van der Waals surface area contributed by atoms with Crippen LogP contribution in [0, 0.1) is 5.82 Å². The van der Waals surface area contributed by atoms with Crippen molar-refractivity contribution in [2.45, 2.75) is 19.0 Å². The van der Waals surface area contributed by atoms with Gasteiger partial charge in [0.2, 0.25) is 0 Å². The summed E-state index contributed by atoms with van der Waals surface area (Å²) in [5.41, 5.74) is 1.62. The van der Waals surface area contributed by atoms with E-state index in [1.165, 1.54) is 6.20 Å². The number of urea groups is 1. The van der Waals surface area contributed by atoms with E-state index in [0.29, 0.717) is 38.4 Å². The van der Waals surface area contributed by atoms with E-state index in [1.54, 1.807) is 19.4 Å². The fourth-order valence-electron chi connectivity index (χ4n) is 3.92. The third-order valence-electron chi connectivity index (χ3n) is 5.33. The van der Waals surface area contributed by atoms with Crippen molar-refractivity contribution in [1.82, 2.24) is 14.8 Å². The van der Waals surface area contributed by atoms with Gasteiger partial charge in [-0.3, -0.25) is 4.98 Å². The van der Waals surface area contributed by atoms with E-state index < -0.39 is 0 Å². The number of carbonyl (C=O) groups excluding carboxylic acids is 1. The lowest BCUT2D eigenvalue weighted by atomic mass is 10.0. The maximum atomic E-state index is 14.0. The van der Waals surface area contributed by atoms with Crippen molar-refractivity contribution in [3.05, 3.63) is 54.1 Å². The molecule has 4 rings (SSSR count). The van der Waals surface area contributed by atoms with Gasteiger partial charge in [-0.15, -0.1) is 0 Å². The highest BCUT2D eigenvalue weighted by Gasteiger charge is 2.37. The van der Waals surface area contributed by atoms with Crippen molar-refractivity contribution in [2.24, 2.45) is 0 Å². The van der Waals surface area contributed by atoms with Crippen LogP contribution in [0.1, 0.15) is 12.0 Å². The molecule has 2 aliphatic rings. The number of ether oxygens (including phenoxy) is 1. The van der Waals surface area contributed by atoms with Crippen LogP contribution < -0.4 is 9.64 Å². The molecule has 0 bridgehead atoms. The quantitative estimate of drug-likeness (QED) is 0.830. The maximum absolute atomic E-state index is 14.0. The SMILES string of the molecule is COc1cccc(CN2CCC3CN(c4ccncc4F)CCN3C2=O)c1. The smallest absolute Gasteiger partial charge is 0.320 e. The van der Waals surface area contributed by atoms with Gasteiger partial charge in [0.05, 0.1) is 25.0 Å². The third-order valence-corrected chi connectivity index (χ3v) is 5.33. The van der Waals surface area contributed by atoms with Crippen LogP contribution >= 0.6 is 0 Å². The molecule has 0 spiro atoms. The van der Waals surface area contributed by atoms with Gasteiger partial charge < -0.3 is 19.4 Å². The van der Waals surface area contributed by atoms with Gasteiger partial charge in [-0.25, -0.2) is 9.18 Å². The van der Waals surface area contributed by atoms with Gasteiger partial charge >= 0.3 is 6.03 Å². The van der Waals surface area contributed by atoms with E-state index in [9.17, 15) is 9.18 Å². The lowest BCUT2D eigenvalue weighted by Gasteiger charge is -2.47. The standard InChI is InChI=1S/C20H23FN4O2/c1-27-17-4-2-3-15(11-17)13-24-8-6-16-14-23(9-10-25(16)20(24)26)19-5-7-22-12-18(19)21/h2-5,7,11-12,16H,6,8-10,13-14H2,1H3. The molecule has 0 saturated carbocycles. The Bertz CT molecular complexity index is 831. The number of fused-ring (bicyclic) bond motifs is 1. The number of halogens is 1. The summed E-state index contributed by atoms with van der Waals surface area (Å²) in [6.07, 6.45) is 3.72. The van der Waals surface area contributed by atoms with E-state index in [4.69, 9.17) is 4.74 Å². The molecule has 0 N–H and O–H groups in total. The second-order valence-corrected chi connectivity index (χ2v) is 6.96. The van der Waals surface area contributed by atoms with Crippen molar-refractivity contribution in [1.29, 1.82) is 0 Å². The molecular formula is C20H23FN4O2. The number of amides is 2. The van der Waals surface area contributed by atoms with Crippen molar-refractivity contribution in [2.75, 3.05) is 38.2 Å². The number of hydrogen-bond acceptors (Lipinski definition) is 4. The number of aromatic nitrogens is 1. The Kier molecular flexibility index (Phi) is 4.83. The summed E-state index contributed by atoms with van der Waals surface area (Å²) in [5.74, 6) is 0.482. The van der Waals surface area contributed by atoms with Gasteiger partial charge in [0.25, 0.3) is 0 Å². The molecule has 2 aliphatic heterocycles. The number of methoxy groups -OCH3 is 1. The Morgan fingerprint density at radius 3 is 2.96 bits per heavy atom. The minimum absolute atomic E-state index is 0.0592. The fraction of sp³-hybridized carbons (Fsp3) is 0.400. The summed E-state index contributed by atoms with van der Waals surface area (Å²) in [5, 5.41) is 0. The van der Waals surface area contributed by atoms with Crippen LogP contribution in [0.4, 0.5) is 14.9 Å². The minimum atomic E-state index is -0.312. The monoisotopic (exact) mass is 370 g/mol. The highest BCUT2D eigenvalue weighted by atomic mass is 19.1. The number of rotatable bonds is 4. The van der Waals surface area contributed by atoms with Gasteiger partial charge in [0.1, 0.15) is 5.75 Å². The van der Waals surface area contributed by atoms with Crippen LogP contribution in [0.2, 0.25) is 0 Å². The molecule has 1 aromatic carbocycles. The summed E-state index contributed by atoms with van der Waals surface area (Å²) >= 11 is 0. The predicted octanol–water partition coefficient (Wildman–Crippen LogP) is 2.75. The molecule has 27 heavy (non-hydrogen) atoms. The lowest BCUT2D eigenvalue weighted by molar-refractivity contribution is 0.0889. The molecule has 2 saturated heterocycles. The minimum Gasteiger partial charge on any atom is -0.497 e. The number of benzene rings is 1. The Labute approximate surface area is 158 Å². The number of piperazine rings is 1. The Hall–Kier alpha value is -2.83. The molecule has 3 heterocycles. The number of anilines is 1. The first kappa shape index (κ1) is 17.6. The molecule has 7 heteroatoms. The third kappa shape index (κ3) is 3.54. The molecule has 0 radical (unpaired) electrons. The summed E-state index contributed by atoms with van der Waals surface area (Å²) in [7, 11) is 1.64. The zero-order valence-electron chi connectivity index (χ0n) is 15.3. The highest BCUT2D eigenvalue weighted by Crippen LogP contribution is 2.27. The number of pyridine rings is 1. The average molecular weight is 370 g/mol. The molecule has 142 valence electrons. The van der Waals surface area contributed by atoms with Crippen LogP contribution in [0.5, 0.6) is 5.75 Å². The highest BCUT2D eigenvalue weighted by molar-refractivity contribution is 5.76. The molecule has 0 aliphatic carbocycles. The zero-order valence-corrected chi connectivity index (χ0v) is 15.3. The van der Waals surface area contributed by atoms with Gasteiger partial charge in [-0.1, -0.05) is 12.1 Å². The normalized spacial score (nSPS) is 19.9. The van der Waals surface area contributed by atoms with E-state index in [-0.39, 0.29) is 17.9 Å². The first-order valence-electron chi connectivity index (χ1n) is 9.18. The molecular weight excluding hydrogens is 347 g/mol. The van der Waals surface area contributed by atoms with Crippen molar-refractivity contribution < 1.29 is 13.9 Å². The summed E-state index contributed by atoms with van der Waals surface area (Å²) in [6, 6.07) is 9.67. The first-order valence-corrected chi connectivity index (χ1v) is 9.18. The molecule has 2 aromatic rings. The van der Waals surface area contributed by atoms with E-state index in [1.807, 2.05) is 39.0 Å². The van der Waals surface area contributed by atoms with Gasteiger partial charge in [-0.05, 0) is 30.2 Å². The van der Waals surface area contributed by atoms with E-state index in [0.717, 1.165) is 17.7 Å². The second-order valence-electron chi connectivity index (χ2n) is 6.96. The Morgan fingerprint density at radius 2 is 2.15 bits per heavy atom. The first-order chi connectivity index (χ1) is 13.2. The van der Waals surface area contributed by atoms with Crippen molar-refractivity contribution in [3.63, 3.8) is 0 Å². The Balaban J connectivity index is 1.43. The van der Waals surface area contributed by atoms with Gasteiger partial charge in [0, 0.05) is 38.9 Å². The van der Waals surface area contributed by atoms with Gasteiger partial charge in [-0.2, -0.15) is 0 Å². The van der Waals surface area contributed by atoms with Crippen LogP contribution in [0.3, 0.4) is 0 Å². The van der Waals surface area contributed by atoms with Crippen LogP contribution in [0.15, 0.2) is 42.7 Å². The van der Waals surface area contributed by atoms with Crippen molar-refractivity contribution in [3.8, 4) is 5.75 Å². The fourth-order valence-corrected chi connectivity index (χ4v) is 3.92. The number of nitrogens with zero attached hydrogens (tertiary/aromatic N) is 4. The van der Waals surface area contributed by atoms with Crippen molar-refractivity contribution >= 4 is 11.7 Å². The largest absolute Gasteiger partial charge is 0.497 e. The molecule has 2 amide bonds. The molecule has 1 atom stereocenters. The zero-order chi connectivity index (χ0) is 18.8. The molecule has 1 aromatic heterocycles. The maximum Gasteiger partial charge on any atom is 0.320 e. The summed E-state index contributed by atoms with van der Waals surface area (Å²) in [4.78, 5) is 22.6. The molecule has 2 fully saturated rings. The molecule has 6 nitrogen and oxygen atoms in total. The van der Waals surface area contributed by atoms with Crippen LogP contribution in [0.25, 0.3) is 0 Å². The lowest BCUT2D eigenvalue weighted by Crippen LogP contribution is -2.62. The van der Waals surface area contributed by atoms with Crippen LogP contribution in [-0.4, -0.2) is 60.1 Å². The summed E-state index contributed by atoms with van der Waals surface area (Å²) in [6.45, 7) is 3.14. The number of carbonyl (C=O) groups is 1. The van der Waals surface area contributed by atoms with E-state index >= 15 is 0 Å². The van der Waals surface area contributed by atoms with E-state index in [2.05, 4.69) is 4.98 Å². The predicted molar refractivity (Wildman–Crippen MR) is 100 cm³/mol. The molecule has 1 unspecified atom stereocenters. The number of hydrogen-bond donors (Lipinski definition) is 0. The Morgan fingerprint density at radius 1 is 1.26 bits per heavy atom. The van der Waals surface area contributed by atoms with Crippen LogP contribution in [-0.2, 0) is 6.54 Å². The topological polar surface area (TPSA) is 48.9 Å². The summed E-state index contributed by atoms with van der Waals surface area (Å²) < 4.78 is 19.3.